The van der Waals surface area contributed by atoms with Crippen LogP contribution in [0, 0.1) is 0 Å². The summed E-state index contributed by atoms with van der Waals surface area (Å²) in [4.78, 5) is 27.1. The molecule has 1 atom stereocenters. The third-order valence-electron chi connectivity index (χ3n) is 4.96. The zero-order valence-corrected chi connectivity index (χ0v) is 15.2. The van der Waals surface area contributed by atoms with E-state index in [0.29, 0.717) is 13.0 Å². The summed E-state index contributed by atoms with van der Waals surface area (Å²) in [5, 5.41) is 0. The van der Waals surface area contributed by atoms with E-state index in [1.165, 1.54) is 0 Å². The first kappa shape index (κ1) is 18.2. The van der Waals surface area contributed by atoms with E-state index >= 15 is 0 Å². The number of amides is 1. The third kappa shape index (κ3) is 4.31. The summed E-state index contributed by atoms with van der Waals surface area (Å²) in [7, 11) is 1.63. The maximum Gasteiger partial charge on any atom is 0.290 e. The Morgan fingerprint density at radius 3 is 2.65 bits per heavy atom. The van der Waals surface area contributed by atoms with Crippen molar-refractivity contribution in [1.82, 2.24) is 4.90 Å². The van der Waals surface area contributed by atoms with Crippen LogP contribution in [-0.4, -0.2) is 30.2 Å². The number of carbonyl (C=O) groups is 2. The largest absolute Gasteiger partial charge is 0.497 e. The molecule has 1 amide bonds. The van der Waals surface area contributed by atoms with Crippen molar-refractivity contribution >= 4 is 11.7 Å². The Morgan fingerprint density at radius 2 is 1.88 bits per heavy atom. The highest BCUT2D eigenvalue weighted by atomic mass is 16.5. The first-order valence-electron chi connectivity index (χ1n) is 9.20. The zero-order valence-electron chi connectivity index (χ0n) is 15.2. The van der Waals surface area contributed by atoms with Crippen LogP contribution in [0.2, 0.25) is 0 Å². The van der Waals surface area contributed by atoms with Crippen molar-refractivity contribution in [3.05, 3.63) is 65.7 Å². The number of piperidine rings is 1. The van der Waals surface area contributed by atoms with Crippen molar-refractivity contribution in [2.24, 2.45) is 0 Å². The summed E-state index contributed by atoms with van der Waals surface area (Å²) in [6.07, 6.45) is 3.74. The standard InChI is InChI=1S/C22H25NO3/c1-26-19-11-7-10-18(16-19)20-12-5-6-15-23(20)22(25)21(24)14-13-17-8-3-2-4-9-17/h2-4,7-11,16,20H,5-6,12-15H2,1H3. The highest BCUT2D eigenvalue weighted by molar-refractivity contribution is 6.36. The molecule has 1 unspecified atom stereocenters. The second-order valence-electron chi connectivity index (χ2n) is 6.70. The van der Waals surface area contributed by atoms with Gasteiger partial charge in [0.1, 0.15) is 5.75 Å². The van der Waals surface area contributed by atoms with E-state index < -0.39 is 0 Å². The number of ether oxygens (including phenoxy) is 1. The lowest BCUT2D eigenvalue weighted by atomic mass is 9.94. The fraction of sp³-hybridized carbons (Fsp3) is 0.364. The van der Waals surface area contributed by atoms with E-state index in [1.807, 2.05) is 54.6 Å². The van der Waals surface area contributed by atoms with Crippen molar-refractivity contribution in [3.63, 3.8) is 0 Å². The van der Waals surface area contributed by atoms with Gasteiger partial charge in [0.2, 0.25) is 5.78 Å². The van der Waals surface area contributed by atoms with Gasteiger partial charge in [-0.25, -0.2) is 0 Å². The number of aryl methyl sites for hydroxylation is 1. The molecular formula is C22H25NO3. The fourth-order valence-electron chi connectivity index (χ4n) is 3.54. The van der Waals surface area contributed by atoms with Crippen molar-refractivity contribution < 1.29 is 14.3 Å². The minimum absolute atomic E-state index is 0.0491. The van der Waals surface area contributed by atoms with Crippen LogP contribution in [0.4, 0.5) is 0 Å². The van der Waals surface area contributed by atoms with E-state index in [-0.39, 0.29) is 24.2 Å². The molecule has 1 saturated heterocycles. The smallest absolute Gasteiger partial charge is 0.290 e. The van der Waals surface area contributed by atoms with E-state index in [4.69, 9.17) is 4.74 Å². The molecular weight excluding hydrogens is 326 g/mol. The third-order valence-corrected chi connectivity index (χ3v) is 4.96. The Balaban J connectivity index is 1.70. The number of methoxy groups -OCH3 is 1. The van der Waals surface area contributed by atoms with Crippen LogP contribution in [0.3, 0.4) is 0 Å². The number of nitrogens with zero attached hydrogens (tertiary/aromatic N) is 1. The molecule has 1 fully saturated rings. The van der Waals surface area contributed by atoms with Gasteiger partial charge in [0.25, 0.3) is 5.91 Å². The maximum absolute atomic E-state index is 12.8. The zero-order chi connectivity index (χ0) is 18.4. The molecule has 26 heavy (non-hydrogen) atoms. The molecule has 4 heteroatoms. The molecule has 0 spiro atoms. The van der Waals surface area contributed by atoms with Gasteiger partial charge in [-0.15, -0.1) is 0 Å². The second kappa shape index (κ2) is 8.65. The van der Waals surface area contributed by atoms with Gasteiger partial charge >= 0.3 is 0 Å². The highest BCUT2D eigenvalue weighted by Crippen LogP contribution is 2.32. The van der Waals surface area contributed by atoms with Gasteiger partial charge < -0.3 is 9.64 Å². The molecule has 0 aromatic heterocycles. The molecule has 136 valence electrons. The number of hydrogen-bond donors (Lipinski definition) is 0. The topological polar surface area (TPSA) is 46.6 Å². The Hall–Kier alpha value is -2.62. The molecule has 0 aliphatic carbocycles. The number of benzene rings is 2. The monoisotopic (exact) mass is 351 g/mol. The SMILES string of the molecule is COc1cccc(C2CCCCN2C(=O)C(=O)CCc2ccccc2)c1. The molecule has 0 bridgehead atoms. The van der Waals surface area contributed by atoms with E-state index in [1.54, 1.807) is 12.0 Å². The summed E-state index contributed by atoms with van der Waals surface area (Å²) in [6.45, 7) is 0.637. The minimum Gasteiger partial charge on any atom is -0.497 e. The van der Waals surface area contributed by atoms with Crippen molar-refractivity contribution in [2.45, 2.75) is 38.1 Å². The lowest BCUT2D eigenvalue weighted by Crippen LogP contribution is -2.42. The van der Waals surface area contributed by atoms with E-state index in [2.05, 4.69) is 0 Å². The number of rotatable bonds is 6. The lowest BCUT2D eigenvalue weighted by molar-refractivity contribution is -0.147. The molecule has 2 aromatic rings. The Bertz CT molecular complexity index is 757. The van der Waals surface area contributed by atoms with Gasteiger partial charge in [-0.1, -0.05) is 42.5 Å². The summed E-state index contributed by atoms with van der Waals surface area (Å²) < 4.78 is 5.31. The molecule has 1 heterocycles. The Morgan fingerprint density at radius 1 is 1.08 bits per heavy atom. The highest BCUT2D eigenvalue weighted by Gasteiger charge is 2.31. The number of carbonyl (C=O) groups excluding carboxylic acids is 2. The average molecular weight is 351 g/mol. The molecule has 0 N–H and O–H groups in total. The van der Waals surface area contributed by atoms with Crippen LogP contribution in [0.15, 0.2) is 54.6 Å². The van der Waals surface area contributed by atoms with Gasteiger partial charge in [-0.3, -0.25) is 9.59 Å². The van der Waals surface area contributed by atoms with E-state index in [9.17, 15) is 9.59 Å². The van der Waals surface area contributed by atoms with Crippen LogP contribution in [0.5, 0.6) is 5.75 Å². The van der Waals surface area contributed by atoms with Gasteiger partial charge in [0.05, 0.1) is 13.2 Å². The summed E-state index contributed by atoms with van der Waals surface area (Å²) in [5.74, 6) is 0.118. The van der Waals surface area contributed by atoms with Gasteiger partial charge in [-0.2, -0.15) is 0 Å². The normalized spacial score (nSPS) is 17.0. The van der Waals surface area contributed by atoms with Crippen LogP contribution in [0.1, 0.15) is 42.9 Å². The quantitative estimate of drug-likeness (QED) is 0.740. The molecule has 3 rings (SSSR count). The predicted molar refractivity (Wildman–Crippen MR) is 101 cm³/mol. The molecule has 0 saturated carbocycles. The lowest BCUT2D eigenvalue weighted by Gasteiger charge is -2.35. The van der Waals surface area contributed by atoms with Gasteiger partial charge in [0, 0.05) is 13.0 Å². The van der Waals surface area contributed by atoms with Crippen LogP contribution < -0.4 is 4.74 Å². The number of ketones is 1. The molecule has 1 aliphatic heterocycles. The summed E-state index contributed by atoms with van der Waals surface area (Å²) >= 11 is 0. The van der Waals surface area contributed by atoms with Gasteiger partial charge in [-0.05, 0) is 48.9 Å². The fourth-order valence-corrected chi connectivity index (χ4v) is 3.54. The first-order chi connectivity index (χ1) is 12.7. The predicted octanol–water partition coefficient (Wildman–Crippen LogP) is 3.95. The summed E-state index contributed by atoms with van der Waals surface area (Å²) in [6, 6.07) is 17.6. The minimum atomic E-state index is -0.353. The molecule has 0 radical (unpaired) electrons. The van der Waals surface area contributed by atoms with Crippen LogP contribution in [0.25, 0.3) is 0 Å². The van der Waals surface area contributed by atoms with E-state index in [0.717, 1.165) is 36.1 Å². The number of Topliss-reactive ketones (excluding diaryl/α,β-unsaturated/α-hetero) is 1. The average Bonchev–Trinajstić information content (AvgIpc) is 2.72. The second-order valence-corrected chi connectivity index (χ2v) is 6.70. The van der Waals surface area contributed by atoms with Crippen LogP contribution >= 0.6 is 0 Å². The first-order valence-corrected chi connectivity index (χ1v) is 9.20. The van der Waals surface area contributed by atoms with Crippen molar-refractivity contribution in [3.8, 4) is 5.75 Å². The summed E-state index contributed by atoms with van der Waals surface area (Å²) in [5.41, 5.74) is 2.12. The van der Waals surface area contributed by atoms with Crippen molar-refractivity contribution in [1.29, 1.82) is 0 Å². The van der Waals surface area contributed by atoms with Crippen molar-refractivity contribution in [2.75, 3.05) is 13.7 Å². The van der Waals surface area contributed by atoms with Gasteiger partial charge in [0.15, 0.2) is 0 Å². The Kier molecular flexibility index (Phi) is 6.05. The number of hydrogen-bond acceptors (Lipinski definition) is 3. The maximum atomic E-state index is 12.8. The Labute approximate surface area is 154 Å². The molecule has 1 aliphatic rings. The number of likely N-dealkylation sites (tertiary alicyclic amines) is 1. The molecule has 4 nitrogen and oxygen atoms in total. The van der Waals surface area contributed by atoms with Crippen LogP contribution in [-0.2, 0) is 16.0 Å². The molecule has 2 aromatic carbocycles.